The molecule has 0 unspecified atom stereocenters. The number of aliphatic hydroxyl groups excluding tert-OH is 1. The van der Waals surface area contributed by atoms with Gasteiger partial charge >= 0.3 is 0 Å². The Morgan fingerprint density at radius 2 is 1.52 bits per heavy atom. The molecule has 0 saturated carbocycles. The average Bonchev–Trinajstić information content (AvgIpc) is 2.47. The van der Waals surface area contributed by atoms with E-state index in [9.17, 15) is 5.11 Å². The third kappa shape index (κ3) is 3.84. The van der Waals surface area contributed by atoms with E-state index in [2.05, 4.69) is 61.3 Å². The van der Waals surface area contributed by atoms with Crippen molar-refractivity contribution < 1.29 is 14.3 Å². The molecule has 1 rings (SSSR count). The highest BCUT2D eigenvalue weighted by molar-refractivity contribution is 6.77. The number of ether oxygens (including phenoxy) is 1. The predicted molar refractivity (Wildman–Crippen MR) is 98.8 cm³/mol. The van der Waals surface area contributed by atoms with Crippen molar-refractivity contribution in [3.05, 3.63) is 0 Å². The second kappa shape index (κ2) is 8.16. The Kier molecular flexibility index (Phi) is 7.34. The summed E-state index contributed by atoms with van der Waals surface area (Å²) >= 11 is 0. The highest BCUT2D eigenvalue weighted by atomic mass is 28.4. The van der Waals surface area contributed by atoms with Crippen LogP contribution in [0.1, 0.15) is 55.4 Å². The molecular weight excluding hydrogens is 304 g/mol. The van der Waals surface area contributed by atoms with E-state index in [1.165, 1.54) is 0 Å². The Labute approximate surface area is 144 Å². The van der Waals surface area contributed by atoms with Crippen molar-refractivity contribution in [1.29, 1.82) is 0 Å². The molecule has 1 N–H and O–H groups in total. The Balaban J connectivity index is 3.18. The van der Waals surface area contributed by atoms with Crippen LogP contribution in [0, 0.1) is 24.2 Å². The summed E-state index contributed by atoms with van der Waals surface area (Å²) in [6, 6.07) is 0. The molecule has 0 bridgehead atoms. The summed E-state index contributed by atoms with van der Waals surface area (Å²) in [5, 5.41) is 9.55. The second-order valence-corrected chi connectivity index (χ2v) is 13.5. The van der Waals surface area contributed by atoms with Crippen LogP contribution in [0.3, 0.4) is 0 Å². The van der Waals surface area contributed by atoms with Gasteiger partial charge in [-0.3, -0.25) is 0 Å². The topological polar surface area (TPSA) is 38.7 Å². The second-order valence-electron chi connectivity index (χ2n) is 8.06. The molecule has 134 valence electrons. The van der Waals surface area contributed by atoms with Crippen LogP contribution in [0.5, 0.6) is 0 Å². The van der Waals surface area contributed by atoms with Crippen LogP contribution in [0.4, 0.5) is 0 Å². The highest BCUT2D eigenvalue weighted by Gasteiger charge is 2.51. The maximum absolute atomic E-state index is 9.55. The van der Waals surface area contributed by atoms with Gasteiger partial charge in [0.2, 0.25) is 8.32 Å². The molecule has 1 fully saturated rings. The van der Waals surface area contributed by atoms with Gasteiger partial charge in [-0.1, -0.05) is 61.3 Å². The van der Waals surface area contributed by atoms with Gasteiger partial charge in [0.05, 0.1) is 18.8 Å². The van der Waals surface area contributed by atoms with Crippen molar-refractivity contribution in [3.63, 3.8) is 0 Å². The minimum Gasteiger partial charge on any atom is -0.409 e. The van der Waals surface area contributed by atoms with E-state index >= 15 is 0 Å². The normalized spacial score (nSPS) is 32.6. The molecular formula is C19H36O3Si. The van der Waals surface area contributed by atoms with Crippen LogP contribution in [0.2, 0.25) is 16.6 Å². The third-order valence-corrected chi connectivity index (χ3v) is 12.0. The Morgan fingerprint density at radius 1 is 1.04 bits per heavy atom. The Hall–Kier alpha value is -0.343. The van der Waals surface area contributed by atoms with Crippen molar-refractivity contribution in [2.24, 2.45) is 11.8 Å². The van der Waals surface area contributed by atoms with E-state index in [0.717, 1.165) is 0 Å². The summed E-state index contributed by atoms with van der Waals surface area (Å²) in [7, 11) is -2.01. The lowest BCUT2D eigenvalue weighted by molar-refractivity contribution is -0.153. The van der Waals surface area contributed by atoms with E-state index in [-0.39, 0.29) is 36.8 Å². The number of rotatable bonds is 6. The maximum Gasteiger partial charge on any atom is 0.200 e. The molecule has 1 saturated heterocycles. The lowest BCUT2D eigenvalue weighted by Gasteiger charge is -2.50. The maximum atomic E-state index is 9.55. The fraction of sp³-hybridized carbons (Fsp3) is 0.895. The number of terminal acetylenes is 1. The van der Waals surface area contributed by atoms with E-state index in [4.69, 9.17) is 15.6 Å². The molecule has 3 nitrogen and oxygen atoms in total. The minimum absolute atomic E-state index is 0.0114. The van der Waals surface area contributed by atoms with Gasteiger partial charge in [-0.25, -0.2) is 0 Å². The molecule has 1 aliphatic heterocycles. The van der Waals surface area contributed by atoms with Crippen molar-refractivity contribution >= 4 is 8.32 Å². The van der Waals surface area contributed by atoms with Crippen LogP contribution in [0.25, 0.3) is 0 Å². The Morgan fingerprint density at radius 3 is 1.87 bits per heavy atom. The molecule has 0 amide bonds. The fourth-order valence-electron chi connectivity index (χ4n) is 4.46. The standard InChI is InChI=1S/C19H36O3Si/c1-10-17-19(16(9)15(8)18(11-20)21-17)22-23(12(2)3,13(4)5)14(6)7/h1,12-20H,11H2,2-9H3/t15-,16-,17+,18+,19-/m0/s1. The first-order valence-electron chi connectivity index (χ1n) is 9.03. The molecule has 1 aliphatic rings. The van der Waals surface area contributed by atoms with Crippen molar-refractivity contribution in [2.75, 3.05) is 6.61 Å². The first-order chi connectivity index (χ1) is 10.6. The average molecular weight is 341 g/mol. The van der Waals surface area contributed by atoms with E-state index < -0.39 is 8.32 Å². The van der Waals surface area contributed by atoms with Gasteiger partial charge in [0, 0.05) is 0 Å². The van der Waals surface area contributed by atoms with Gasteiger partial charge in [0.25, 0.3) is 0 Å². The summed E-state index contributed by atoms with van der Waals surface area (Å²) in [6.45, 7) is 18.0. The summed E-state index contributed by atoms with van der Waals surface area (Å²) in [5.74, 6) is 3.27. The van der Waals surface area contributed by atoms with Gasteiger partial charge in [-0.2, -0.15) is 0 Å². The van der Waals surface area contributed by atoms with Crippen molar-refractivity contribution in [1.82, 2.24) is 0 Å². The molecule has 0 radical (unpaired) electrons. The first-order valence-corrected chi connectivity index (χ1v) is 11.2. The smallest absolute Gasteiger partial charge is 0.200 e. The highest BCUT2D eigenvalue weighted by Crippen LogP contribution is 2.45. The van der Waals surface area contributed by atoms with Crippen molar-refractivity contribution in [2.45, 2.75) is 90.3 Å². The SMILES string of the molecule is C#C[C@H]1O[C@H](CO)[C@@H](C)[C@H](C)[C@@H]1O[Si](C(C)C)(C(C)C)C(C)C. The molecule has 0 aromatic carbocycles. The molecule has 23 heavy (non-hydrogen) atoms. The first kappa shape index (κ1) is 20.7. The molecule has 0 aromatic rings. The van der Waals surface area contributed by atoms with Crippen LogP contribution in [-0.2, 0) is 9.16 Å². The molecule has 4 heteroatoms. The number of hydrogen-bond acceptors (Lipinski definition) is 3. The van der Waals surface area contributed by atoms with Crippen LogP contribution in [0.15, 0.2) is 0 Å². The fourth-order valence-corrected chi connectivity index (χ4v) is 10.1. The number of aliphatic hydroxyl groups is 1. The van der Waals surface area contributed by atoms with Crippen molar-refractivity contribution in [3.8, 4) is 12.3 Å². The predicted octanol–water partition coefficient (Wildman–Crippen LogP) is 4.21. The van der Waals surface area contributed by atoms with Gasteiger partial charge in [-0.15, -0.1) is 6.42 Å². The molecule has 0 spiro atoms. The summed E-state index contributed by atoms with van der Waals surface area (Å²) < 4.78 is 12.9. The minimum atomic E-state index is -2.01. The zero-order chi connectivity index (χ0) is 17.9. The third-order valence-electron chi connectivity index (χ3n) is 5.95. The van der Waals surface area contributed by atoms with Gasteiger partial charge in [0.1, 0.15) is 6.10 Å². The molecule has 0 aliphatic carbocycles. The molecule has 0 aromatic heterocycles. The zero-order valence-corrected chi connectivity index (χ0v) is 17.2. The monoisotopic (exact) mass is 340 g/mol. The van der Waals surface area contributed by atoms with Crippen LogP contribution >= 0.6 is 0 Å². The molecule has 1 heterocycles. The summed E-state index contributed by atoms with van der Waals surface area (Å²) in [6.07, 6.45) is 5.09. The van der Waals surface area contributed by atoms with Crippen LogP contribution in [-0.4, -0.2) is 38.3 Å². The largest absolute Gasteiger partial charge is 0.409 e. The van der Waals surface area contributed by atoms with Gasteiger partial charge in [-0.05, 0) is 28.5 Å². The summed E-state index contributed by atoms with van der Waals surface area (Å²) in [4.78, 5) is 0. The van der Waals surface area contributed by atoms with E-state index in [1.807, 2.05) is 0 Å². The van der Waals surface area contributed by atoms with E-state index in [0.29, 0.717) is 16.6 Å². The number of hydrogen-bond donors (Lipinski definition) is 1. The van der Waals surface area contributed by atoms with Gasteiger partial charge < -0.3 is 14.3 Å². The molecule has 5 atom stereocenters. The van der Waals surface area contributed by atoms with Gasteiger partial charge in [0.15, 0.2) is 0 Å². The van der Waals surface area contributed by atoms with Crippen LogP contribution < -0.4 is 0 Å². The van der Waals surface area contributed by atoms with E-state index in [1.54, 1.807) is 0 Å². The lowest BCUT2D eigenvalue weighted by Crippen LogP contribution is -2.58. The summed E-state index contributed by atoms with van der Waals surface area (Å²) in [5.41, 5.74) is 1.54. The lowest BCUT2D eigenvalue weighted by atomic mass is 9.82. The Bertz CT molecular complexity index is 392. The zero-order valence-electron chi connectivity index (χ0n) is 16.2. The quantitative estimate of drug-likeness (QED) is 0.581.